The smallest absolute Gasteiger partial charge is 0.410 e. The molecule has 1 saturated heterocycles. The normalized spacial score (nSPS) is 30.1. The van der Waals surface area contributed by atoms with E-state index in [0.29, 0.717) is 19.4 Å². The second-order valence-corrected chi connectivity index (χ2v) is 6.76. The number of hydrogen-bond donors (Lipinski definition) is 1. The van der Waals surface area contributed by atoms with Crippen molar-refractivity contribution < 1.29 is 19.1 Å². The molecule has 112 valence electrons. The van der Waals surface area contributed by atoms with E-state index in [2.05, 4.69) is 0 Å². The standard InChI is InChI=1S/C14H22N2O4/c1-13(2,3)20-12(19)16-7-9-5-4-6-14(8-16,10(9)17)11(15)18/h9H,4-8H2,1-3H3,(H2,15,18). The van der Waals surface area contributed by atoms with Crippen molar-refractivity contribution in [2.75, 3.05) is 13.1 Å². The van der Waals surface area contributed by atoms with Gasteiger partial charge >= 0.3 is 6.09 Å². The number of nitrogens with two attached hydrogens (primary N) is 1. The first kappa shape index (κ1) is 14.8. The first-order valence-electron chi connectivity index (χ1n) is 6.98. The number of likely N-dealkylation sites (tertiary alicyclic amines) is 1. The van der Waals surface area contributed by atoms with Crippen LogP contribution in [-0.2, 0) is 14.3 Å². The summed E-state index contributed by atoms with van der Waals surface area (Å²) in [5, 5.41) is 0. The average Bonchev–Trinajstić information content (AvgIpc) is 2.25. The Labute approximate surface area is 118 Å². The zero-order valence-corrected chi connectivity index (χ0v) is 12.3. The molecule has 2 bridgehead atoms. The number of hydrogen-bond acceptors (Lipinski definition) is 4. The molecule has 20 heavy (non-hydrogen) atoms. The van der Waals surface area contributed by atoms with E-state index in [1.54, 1.807) is 20.8 Å². The molecule has 2 unspecified atom stereocenters. The molecule has 2 atom stereocenters. The number of ketones is 1. The van der Waals surface area contributed by atoms with Gasteiger partial charge in [0.15, 0.2) is 5.78 Å². The molecule has 2 amide bonds. The maximum Gasteiger partial charge on any atom is 0.410 e. The lowest BCUT2D eigenvalue weighted by Crippen LogP contribution is -2.62. The van der Waals surface area contributed by atoms with Crippen LogP contribution in [0.5, 0.6) is 0 Å². The van der Waals surface area contributed by atoms with Crippen LogP contribution in [0.15, 0.2) is 0 Å². The fourth-order valence-corrected chi connectivity index (χ4v) is 3.07. The van der Waals surface area contributed by atoms with E-state index in [9.17, 15) is 14.4 Å². The summed E-state index contributed by atoms with van der Waals surface area (Å²) in [5.74, 6) is -1.02. The summed E-state index contributed by atoms with van der Waals surface area (Å²) in [7, 11) is 0. The van der Waals surface area contributed by atoms with Crippen LogP contribution >= 0.6 is 0 Å². The van der Waals surface area contributed by atoms with E-state index >= 15 is 0 Å². The molecule has 1 heterocycles. The second kappa shape index (κ2) is 4.75. The number of fused-ring (bicyclic) bond motifs is 2. The monoisotopic (exact) mass is 282 g/mol. The topological polar surface area (TPSA) is 89.7 Å². The van der Waals surface area contributed by atoms with Crippen molar-refractivity contribution in [3.8, 4) is 0 Å². The van der Waals surface area contributed by atoms with Gasteiger partial charge in [-0.25, -0.2) is 4.79 Å². The quantitative estimate of drug-likeness (QED) is 0.729. The van der Waals surface area contributed by atoms with E-state index in [1.165, 1.54) is 4.90 Å². The molecule has 0 aromatic rings. The van der Waals surface area contributed by atoms with Gasteiger partial charge in [-0.3, -0.25) is 9.59 Å². The third kappa shape index (κ3) is 2.51. The molecule has 6 heteroatoms. The van der Waals surface area contributed by atoms with Crippen molar-refractivity contribution in [2.45, 2.75) is 45.6 Å². The highest BCUT2D eigenvalue weighted by Crippen LogP contribution is 2.41. The lowest BCUT2D eigenvalue weighted by molar-refractivity contribution is -0.152. The predicted octanol–water partition coefficient (Wildman–Crippen LogP) is 1.08. The number of primary amides is 1. The summed E-state index contributed by atoms with van der Waals surface area (Å²) in [6, 6.07) is 0. The molecule has 6 nitrogen and oxygen atoms in total. The Kier molecular flexibility index (Phi) is 3.52. The highest BCUT2D eigenvalue weighted by Gasteiger charge is 2.55. The third-order valence-electron chi connectivity index (χ3n) is 4.02. The zero-order chi connectivity index (χ0) is 15.1. The molecule has 0 radical (unpaired) electrons. The summed E-state index contributed by atoms with van der Waals surface area (Å²) >= 11 is 0. The van der Waals surface area contributed by atoms with Crippen LogP contribution in [0, 0.1) is 11.3 Å². The van der Waals surface area contributed by atoms with Crippen molar-refractivity contribution in [2.24, 2.45) is 17.1 Å². The van der Waals surface area contributed by atoms with Gasteiger partial charge in [0.25, 0.3) is 0 Å². The van der Waals surface area contributed by atoms with E-state index in [1.807, 2.05) is 0 Å². The van der Waals surface area contributed by atoms with Gasteiger partial charge in [-0.15, -0.1) is 0 Å². The fraction of sp³-hybridized carbons (Fsp3) is 0.786. The van der Waals surface area contributed by atoms with Crippen molar-refractivity contribution in [3.05, 3.63) is 0 Å². The Morgan fingerprint density at radius 3 is 2.60 bits per heavy atom. The molecule has 2 rings (SSSR count). The summed E-state index contributed by atoms with van der Waals surface area (Å²) < 4.78 is 5.33. The molecule has 0 aromatic carbocycles. The molecule has 0 aromatic heterocycles. The summed E-state index contributed by atoms with van der Waals surface area (Å²) in [5.41, 5.74) is 3.64. The number of piperidine rings is 1. The van der Waals surface area contributed by atoms with Gasteiger partial charge in [0.1, 0.15) is 11.0 Å². The lowest BCUT2D eigenvalue weighted by atomic mass is 9.65. The van der Waals surface area contributed by atoms with Crippen molar-refractivity contribution >= 4 is 17.8 Å². The van der Waals surface area contributed by atoms with Gasteiger partial charge in [-0.2, -0.15) is 0 Å². The number of carbonyl (C=O) groups excluding carboxylic acids is 3. The third-order valence-corrected chi connectivity index (χ3v) is 4.02. The average molecular weight is 282 g/mol. The van der Waals surface area contributed by atoms with Gasteiger partial charge in [0, 0.05) is 19.0 Å². The summed E-state index contributed by atoms with van der Waals surface area (Å²) in [6.45, 7) is 5.72. The van der Waals surface area contributed by atoms with Crippen LogP contribution in [0.4, 0.5) is 4.79 Å². The SMILES string of the molecule is CC(C)(C)OC(=O)N1CC2CCCC(C(N)=O)(C1)C2=O. The zero-order valence-electron chi connectivity index (χ0n) is 12.3. The Bertz CT molecular complexity index is 455. The Morgan fingerprint density at radius 2 is 2.05 bits per heavy atom. The molecule has 0 spiro atoms. The number of carbonyl (C=O) groups is 3. The van der Waals surface area contributed by atoms with Gasteiger partial charge in [-0.1, -0.05) is 6.42 Å². The van der Waals surface area contributed by atoms with Crippen molar-refractivity contribution in [3.63, 3.8) is 0 Å². The minimum absolute atomic E-state index is 0.0482. The highest BCUT2D eigenvalue weighted by molar-refractivity contribution is 6.08. The van der Waals surface area contributed by atoms with Crippen LogP contribution < -0.4 is 5.73 Å². The van der Waals surface area contributed by atoms with E-state index < -0.39 is 23.0 Å². The van der Waals surface area contributed by atoms with Crippen LogP contribution in [0.2, 0.25) is 0 Å². The summed E-state index contributed by atoms with van der Waals surface area (Å²) in [4.78, 5) is 37.7. The molecule has 1 aliphatic heterocycles. The number of nitrogens with zero attached hydrogens (tertiary/aromatic N) is 1. The number of ether oxygens (including phenoxy) is 1. The molecule has 2 N–H and O–H groups in total. The van der Waals surface area contributed by atoms with Crippen LogP contribution in [0.25, 0.3) is 0 Å². The van der Waals surface area contributed by atoms with Crippen molar-refractivity contribution in [1.29, 1.82) is 0 Å². The molecular formula is C14H22N2O4. The second-order valence-electron chi connectivity index (χ2n) is 6.76. The highest BCUT2D eigenvalue weighted by atomic mass is 16.6. The Hall–Kier alpha value is -1.59. The van der Waals surface area contributed by atoms with Gasteiger partial charge in [-0.05, 0) is 33.6 Å². The molecule has 1 saturated carbocycles. The van der Waals surface area contributed by atoms with E-state index in [0.717, 1.165) is 6.42 Å². The molecule has 2 aliphatic rings. The first-order valence-corrected chi connectivity index (χ1v) is 6.98. The lowest BCUT2D eigenvalue weighted by Gasteiger charge is -2.46. The molecular weight excluding hydrogens is 260 g/mol. The predicted molar refractivity (Wildman–Crippen MR) is 71.8 cm³/mol. The number of amides is 2. The Balaban J connectivity index is 2.21. The minimum atomic E-state index is -1.21. The van der Waals surface area contributed by atoms with Gasteiger partial charge in [0.2, 0.25) is 5.91 Å². The van der Waals surface area contributed by atoms with Crippen LogP contribution in [0.3, 0.4) is 0 Å². The number of Topliss-reactive ketones (excluding diaryl/α,β-unsaturated/α-hetero) is 1. The maximum atomic E-state index is 12.3. The molecule has 2 fully saturated rings. The summed E-state index contributed by atoms with van der Waals surface area (Å²) in [6.07, 6.45) is 1.44. The van der Waals surface area contributed by atoms with Crippen molar-refractivity contribution in [1.82, 2.24) is 4.90 Å². The number of rotatable bonds is 1. The van der Waals surface area contributed by atoms with Crippen LogP contribution in [-0.4, -0.2) is 41.4 Å². The van der Waals surface area contributed by atoms with Gasteiger partial charge in [0.05, 0.1) is 0 Å². The first-order chi connectivity index (χ1) is 9.16. The van der Waals surface area contributed by atoms with Crippen LogP contribution in [0.1, 0.15) is 40.0 Å². The molecule has 1 aliphatic carbocycles. The maximum absolute atomic E-state index is 12.3. The largest absolute Gasteiger partial charge is 0.444 e. The fourth-order valence-electron chi connectivity index (χ4n) is 3.07. The van der Waals surface area contributed by atoms with E-state index in [-0.39, 0.29) is 18.2 Å². The van der Waals surface area contributed by atoms with E-state index in [4.69, 9.17) is 10.5 Å². The minimum Gasteiger partial charge on any atom is -0.444 e. The van der Waals surface area contributed by atoms with Gasteiger partial charge < -0.3 is 15.4 Å². The Morgan fingerprint density at radius 1 is 1.40 bits per heavy atom.